The van der Waals surface area contributed by atoms with E-state index in [-0.39, 0.29) is 28.7 Å². The number of rotatable bonds is 10. The topological polar surface area (TPSA) is 108 Å². The van der Waals surface area contributed by atoms with Crippen LogP contribution in [0.3, 0.4) is 0 Å². The zero-order valence-electron chi connectivity index (χ0n) is 18.8. The Kier molecular flexibility index (Phi) is 9.42. The van der Waals surface area contributed by atoms with Crippen molar-refractivity contribution in [1.82, 2.24) is 14.5 Å². The number of piperidine rings is 1. The Morgan fingerprint density at radius 2 is 1.94 bits per heavy atom. The van der Waals surface area contributed by atoms with Gasteiger partial charge in [0.05, 0.1) is 10.9 Å². The number of nitrogens with zero attached hydrogens (tertiary/aromatic N) is 2. The van der Waals surface area contributed by atoms with Crippen molar-refractivity contribution in [1.29, 1.82) is 0 Å². The van der Waals surface area contributed by atoms with Gasteiger partial charge in [0.1, 0.15) is 0 Å². The summed E-state index contributed by atoms with van der Waals surface area (Å²) in [4.78, 5) is 27.2. The number of ether oxygens (including phenoxy) is 1. The number of carbonyl (C=O) groups is 2. The Labute approximate surface area is 185 Å². The van der Waals surface area contributed by atoms with E-state index < -0.39 is 10.0 Å². The van der Waals surface area contributed by atoms with Gasteiger partial charge in [-0.3, -0.25) is 14.5 Å². The number of anilines is 1. The first-order valence-corrected chi connectivity index (χ1v) is 11.9. The molecule has 1 aliphatic heterocycles. The molecule has 9 nitrogen and oxygen atoms in total. The van der Waals surface area contributed by atoms with Gasteiger partial charge in [0.25, 0.3) is 0 Å². The highest BCUT2D eigenvalue weighted by Crippen LogP contribution is 2.21. The van der Waals surface area contributed by atoms with Crippen LogP contribution < -0.4 is 10.6 Å². The first kappa shape index (κ1) is 25.3. The van der Waals surface area contributed by atoms with E-state index in [1.54, 1.807) is 19.2 Å². The van der Waals surface area contributed by atoms with Gasteiger partial charge in [-0.05, 0) is 57.5 Å². The fourth-order valence-corrected chi connectivity index (χ4v) is 4.43. The lowest BCUT2D eigenvalue weighted by molar-refractivity contribution is -0.127. The maximum absolute atomic E-state index is 12.7. The van der Waals surface area contributed by atoms with Crippen LogP contribution in [-0.4, -0.2) is 82.9 Å². The summed E-state index contributed by atoms with van der Waals surface area (Å²) in [7, 11) is 0.991. The molecule has 10 heteroatoms. The van der Waals surface area contributed by atoms with E-state index in [0.29, 0.717) is 44.8 Å². The van der Waals surface area contributed by atoms with E-state index >= 15 is 0 Å². The normalized spacial score (nSPS) is 16.8. The lowest BCUT2D eigenvalue weighted by Crippen LogP contribution is -2.48. The molecule has 0 spiro atoms. The third-order valence-corrected chi connectivity index (χ3v) is 7.34. The third-order valence-electron chi connectivity index (χ3n) is 5.53. The molecular formula is C21H34N4O5S. The van der Waals surface area contributed by atoms with Crippen molar-refractivity contribution in [2.75, 3.05) is 52.8 Å². The molecular weight excluding hydrogens is 420 g/mol. The van der Waals surface area contributed by atoms with Gasteiger partial charge in [0.2, 0.25) is 21.8 Å². The van der Waals surface area contributed by atoms with Gasteiger partial charge >= 0.3 is 0 Å². The van der Waals surface area contributed by atoms with Crippen molar-refractivity contribution in [2.24, 2.45) is 5.92 Å². The van der Waals surface area contributed by atoms with Crippen LogP contribution in [0.15, 0.2) is 29.2 Å². The number of likely N-dealkylation sites (tertiary alicyclic amines) is 1. The summed E-state index contributed by atoms with van der Waals surface area (Å²) in [5.74, 6) is -0.185. The minimum Gasteiger partial charge on any atom is -0.385 e. The number of nitrogens with one attached hydrogen (secondary N) is 2. The van der Waals surface area contributed by atoms with Gasteiger partial charge in [-0.15, -0.1) is 0 Å². The summed E-state index contributed by atoms with van der Waals surface area (Å²) in [6.45, 7) is 4.35. The Morgan fingerprint density at radius 1 is 1.26 bits per heavy atom. The summed E-state index contributed by atoms with van der Waals surface area (Å²) in [6.07, 6.45) is 2.18. The van der Waals surface area contributed by atoms with Crippen LogP contribution in [-0.2, 0) is 24.3 Å². The van der Waals surface area contributed by atoms with Crippen molar-refractivity contribution in [2.45, 2.75) is 37.1 Å². The molecule has 31 heavy (non-hydrogen) atoms. The Morgan fingerprint density at radius 3 is 2.55 bits per heavy atom. The summed E-state index contributed by atoms with van der Waals surface area (Å²) in [5, 5.41) is 5.75. The second-order valence-corrected chi connectivity index (χ2v) is 10.1. The molecule has 1 heterocycles. The number of benzene rings is 1. The predicted molar refractivity (Wildman–Crippen MR) is 119 cm³/mol. The molecule has 0 bridgehead atoms. The molecule has 2 amide bonds. The monoisotopic (exact) mass is 454 g/mol. The van der Waals surface area contributed by atoms with Gasteiger partial charge in [0.15, 0.2) is 0 Å². The molecule has 2 N–H and O–H groups in total. The number of hydrogen-bond donors (Lipinski definition) is 2. The number of amides is 2. The van der Waals surface area contributed by atoms with Gasteiger partial charge in [0, 0.05) is 46.0 Å². The third kappa shape index (κ3) is 6.99. The first-order valence-electron chi connectivity index (χ1n) is 10.5. The summed E-state index contributed by atoms with van der Waals surface area (Å²) in [5.41, 5.74) is 0.435. The van der Waals surface area contributed by atoms with Crippen molar-refractivity contribution in [3.63, 3.8) is 0 Å². The zero-order valence-corrected chi connectivity index (χ0v) is 19.6. The van der Waals surface area contributed by atoms with E-state index in [1.165, 1.54) is 26.2 Å². The number of carbonyl (C=O) groups excluding carboxylic acids is 2. The average Bonchev–Trinajstić information content (AvgIpc) is 2.76. The molecule has 1 aromatic carbocycles. The van der Waals surface area contributed by atoms with Gasteiger partial charge in [-0.25, -0.2) is 12.7 Å². The number of methoxy groups -OCH3 is 1. The van der Waals surface area contributed by atoms with Crippen LogP contribution in [0.1, 0.15) is 26.2 Å². The van der Waals surface area contributed by atoms with Crippen LogP contribution in [0.25, 0.3) is 0 Å². The zero-order chi connectivity index (χ0) is 23.0. The molecule has 1 aliphatic rings. The van der Waals surface area contributed by atoms with Crippen molar-refractivity contribution < 1.29 is 22.7 Å². The smallest absolute Gasteiger partial charge is 0.242 e. The Balaban J connectivity index is 1.87. The van der Waals surface area contributed by atoms with E-state index in [1.807, 2.05) is 11.8 Å². The van der Waals surface area contributed by atoms with Crippen LogP contribution in [0.2, 0.25) is 0 Å². The molecule has 0 aromatic heterocycles. The molecule has 2 rings (SSSR count). The average molecular weight is 455 g/mol. The fraction of sp³-hybridized carbons (Fsp3) is 0.619. The minimum atomic E-state index is -3.57. The highest BCUT2D eigenvalue weighted by atomic mass is 32.2. The van der Waals surface area contributed by atoms with E-state index in [2.05, 4.69) is 10.6 Å². The standard InChI is InChI=1S/C21H34N4O5S/c1-16(25-12-9-17(10-13-25)21(27)22-11-6-14-30-4)20(26)23-18-7-5-8-19(15-18)31(28,29)24(2)3/h5,7-8,15-17H,6,9-14H2,1-4H3,(H,22,27)(H,23,26). The molecule has 0 aliphatic carbocycles. The van der Waals surface area contributed by atoms with E-state index in [9.17, 15) is 18.0 Å². The molecule has 1 atom stereocenters. The van der Waals surface area contributed by atoms with E-state index in [0.717, 1.165) is 10.7 Å². The second-order valence-electron chi connectivity index (χ2n) is 7.93. The number of hydrogen-bond acceptors (Lipinski definition) is 6. The first-order chi connectivity index (χ1) is 14.7. The van der Waals surface area contributed by atoms with Crippen molar-refractivity contribution >= 4 is 27.5 Å². The van der Waals surface area contributed by atoms with Crippen LogP contribution >= 0.6 is 0 Å². The van der Waals surface area contributed by atoms with Crippen LogP contribution in [0.5, 0.6) is 0 Å². The molecule has 1 aromatic rings. The van der Waals surface area contributed by atoms with Crippen LogP contribution in [0.4, 0.5) is 5.69 Å². The van der Waals surface area contributed by atoms with Gasteiger partial charge < -0.3 is 15.4 Å². The predicted octanol–water partition coefficient (Wildman–Crippen LogP) is 1.13. The maximum atomic E-state index is 12.7. The minimum absolute atomic E-state index is 0.0398. The van der Waals surface area contributed by atoms with Gasteiger partial charge in [-0.2, -0.15) is 0 Å². The summed E-state index contributed by atoms with van der Waals surface area (Å²) < 4.78 is 30.7. The van der Waals surface area contributed by atoms with Crippen molar-refractivity contribution in [3.8, 4) is 0 Å². The summed E-state index contributed by atoms with van der Waals surface area (Å²) >= 11 is 0. The Bertz CT molecular complexity index is 851. The van der Waals surface area contributed by atoms with E-state index in [4.69, 9.17) is 4.74 Å². The van der Waals surface area contributed by atoms with Crippen LogP contribution in [0, 0.1) is 5.92 Å². The highest BCUT2D eigenvalue weighted by Gasteiger charge is 2.29. The lowest BCUT2D eigenvalue weighted by Gasteiger charge is -2.34. The molecule has 0 saturated carbocycles. The fourth-order valence-electron chi connectivity index (χ4n) is 3.48. The Hall–Kier alpha value is -2.01. The maximum Gasteiger partial charge on any atom is 0.242 e. The molecule has 1 unspecified atom stereocenters. The lowest BCUT2D eigenvalue weighted by atomic mass is 9.95. The molecule has 174 valence electrons. The highest BCUT2D eigenvalue weighted by molar-refractivity contribution is 7.89. The molecule has 1 saturated heterocycles. The number of sulfonamides is 1. The quantitative estimate of drug-likeness (QED) is 0.513. The van der Waals surface area contributed by atoms with Gasteiger partial charge in [-0.1, -0.05) is 6.07 Å². The van der Waals surface area contributed by atoms with Crippen molar-refractivity contribution in [3.05, 3.63) is 24.3 Å². The SMILES string of the molecule is COCCCNC(=O)C1CCN(C(C)C(=O)Nc2cccc(S(=O)(=O)N(C)C)c2)CC1. The second kappa shape index (κ2) is 11.6. The molecule has 1 fully saturated rings. The molecule has 0 radical (unpaired) electrons. The largest absolute Gasteiger partial charge is 0.385 e. The summed E-state index contributed by atoms with van der Waals surface area (Å²) in [6, 6.07) is 5.84.